The van der Waals surface area contributed by atoms with Crippen LogP contribution >= 0.6 is 11.6 Å². The molecule has 2 rings (SSSR count). The maximum absolute atomic E-state index is 12.2. The highest BCUT2D eigenvalue weighted by Crippen LogP contribution is 2.28. The first-order valence-electron chi connectivity index (χ1n) is 6.10. The molecule has 0 aliphatic carbocycles. The van der Waals surface area contributed by atoms with Crippen molar-refractivity contribution < 1.29 is 4.79 Å². The summed E-state index contributed by atoms with van der Waals surface area (Å²) in [6.07, 6.45) is 1.41. The van der Waals surface area contributed by atoms with Crippen molar-refractivity contribution in [3.63, 3.8) is 0 Å². The number of H-pyrrole nitrogens is 1. The third-order valence-electron chi connectivity index (χ3n) is 2.99. The number of aryl methyl sites for hydroxylation is 1. The molecule has 0 unspecified atom stereocenters. The number of amides is 1. The van der Waals surface area contributed by atoms with Crippen LogP contribution in [0.2, 0.25) is 5.02 Å². The fourth-order valence-corrected chi connectivity index (χ4v) is 2.13. The van der Waals surface area contributed by atoms with Gasteiger partial charge in [0.15, 0.2) is 0 Å². The second-order valence-corrected chi connectivity index (χ2v) is 5.15. The van der Waals surface area contributed by atoms with Crippen molar-refractivity contribution in [3.05, 3.63) is 46.2 Å². The van der Waals surface area contributed by atoms with Gasteiger partial charge in [-0.15, -0.1) is 0 Å². The second kappa shape index (κ2) is 5.45. The summed E-state index contributed by atoms with van der Waals surface area (Å²) in [5, 5.41) is 9.57. The number of para-hydroxylation sites is 1. The summed E-state index contributed by atoms with van der Waals surface area (Å²) in [6, 6.07) is 5.97. The number of carbonyl (C=O) groups is 1. The van der Waals surface area contributed by atoms with Crippen LogP contribution in [0.15, 0.2) is 24.4 Å². The Labute approximate surface area is 117 Å². The Hall–Kier alpha value is -1.81. The molecule has 19 heavy (non-hydrogen) atoms. The van der Waals surface area contributed by atoms with Crippen molar-refractivity contribution >= 4 is 23.2 Å². The maximum Gasteiger partial charge on any atom is 0.275 e. The average molecular weight is 278 g/mol. The van der Waals surface area contributed by atoms with E-state index < -0.39 is 0 Å². The molecule has 0 aliphatic heterocycles. The van der Waals surface area contributed by atoms with E-state index in [1.165, 1.54) is 6.20 Å². The van der Waals surface area contributed by atoms with Crippen LogP contribution in [0.3, 0.4) is 0 Å². The lowest BCUT2D eigenvalue weighted by Crippen LogP contribution is -2.15. The molecule has 1 aromatic carbocycles. The molecular weight excluding hydrogens is 262 g/mol. The van der Waals surface area contributed by atoms with Crippen LogP contribution in [0.25, 0.3) is 0 Å². The molecule has 4 nitrogen and oxygen atoms in total. The first kappa shape index (κ1) is 13.6. The lowest BCUT2D eigenvalue weighted by Gasteiger charge is -2.16. The third-order valence-corrected chi connectivity index (χ3v) is 3.27. The van der Waals surface area contributed by atoms with E-state index in [9.17, 15) is 4.79 Å². The molecule has 0 atom stereocenters. The number of rotatable bonds is 3. The van der Waals surface area contributed by atoms with Crippen LogP contribution in [0.1, 0.15) is 41.4 Å². The zero-order valence-corrected chi connectivity index (χ0v) is 11.9. The largest absolute Gasteiger partial charge is 0.320 e. The third kappa shape index (κ3) is 2.79. The molecule has 100 valence electrons. The SMILES string of the molecule is Cc1cccc(C(C)C)c1NC(=O)c1[nH]ncc1Cl. The van der Waals surface area contributed by atoms with Crippen LogP contribution in [-0.2, 0) is 0 Å². The summed E-state index contributed by atoms with van der Waals surface area (Å²) >= 11 is 5.89. The Balaban J connectivity index is 2.34. The number of hydrogen-bond acceptors (Lipinski definition) is 2. The Bertz CT molecular complexity index is 604. The highest BCUT2D eigenvalue weighted by molar-refractivity contribution is 6.34. The van der Waals surface area contributed by atoms with Gasteiger partial charge in [-0.1, -0.05) is 43.6 Å². The summed E-state index contributed by atoms with van der Waals surface area (Å²) in [5.41, 5.74) is 3.24. The van der Waals surface area contributed by atoms with Crippen molar-refractivity contribution in [2.75, 3.05) is 5.32 Å². The van der Waals surface area contributed by atoms with E-state index in [1.54, 1.807) is 0 Å². The van der Waals surface area contributed by atoms with Gasteiger partial charge in [0.1, 0.15) is 5.69 Å². The van der Waals surface area contributed by atoms with Crippen molar-refractivity contribution in [1.82, 2.24) is 10.2 Å². The Morgan fingerprint density at radius 3 is 2.74 bits per heavy atom. The van der Waals surface area contributed by atoms with Crippen LogP contribution in [-0.4, -0.2) is 16.1 Å². The number of benzene rings is 1. The summed E-state index contributed by atoms with van der Waals surface area (Å²) in [7, 11) is 0. The van der Waals surface area contributed by atoms with Gasteiger partial charge in [0, 0.05) is 5.69 Å². The quantitative estimate of drug-likeness (QED) is 0.898. The molecule has 1 aromatic heterocycles. The van der Waals surface area contributed by atoms with Crippen molar-refractivity contribution in [2.45, 2.75) is 26.7 Å². The number of anilines is 1. The Morgan fingerprint density at radius 1 is 1.42 bits per heavy atom. The molecular formula is C14H16ClN3O. The van der Waals surface area contributed by atoms with Crippen LogP contribution < -0.4 is 5.32 Å². The standard InChI is InChI=1S/C14H16ClN3O/c1-8(2)10-6-4-5-9(3)12(10)17-14(19)13-11(15)7-16-18-13/h4-8H,1-3H3,(H,16,18)(H,17,19). The lowest BCUT2D eigenvalue weighted by molar-refractivity contribution is 0.102. The molecule has 5 heteroatoms. The molecule has 0 aliphatic rings. The number of halogens is 1. The summed E-state index contributed by atoms with van der Waals surface area (Å²) in [4.78, 5) is 12.2. The predicted octanol–water partition coefficient (Wildman–Crippen LogP) is 3.75. The van der Waals surface area contributed by atoms with Gasteiger partial charge in [0.25, 0.3) is 5.91 Å². The molecule has 0 radical (unpaired) electrons. The maximum atomic E-state index is 12.2. The molecule has 0 fully saturated rings. The van der Waals surface area contributed by atoms with E-state index in [4.69, 9.17) is 11.6 Å². The number of carbonyl (C=O) groups excluding carboxylic acids is 1. The summed E-state index contributed by atoms with van der Waals surface area (Å²) < 4.78 is 0. The average Bonchev–Trinajstić information content (AvgIpc) is 2.77. The van der Waals surface area contributed by atoms with Crippen LogP contribution in [0.5, 0.6) is 0 Å². The van der Waals surface area contributed by atoms with Gasteiger partial charge in [-0.3, -0.25) is 9.89 Å². The van der Waals surface area contributed by atoms with E-state index in [0.29, 0.717) is 10.9 Å². The van der Waals surface area contributed by atoms with Crippen LogP contribution in [0, 0.1) is 6.92 Å². The minimum Gasteiger partial charge on any atom is -0.320 e. The normalized spacial score (nSPS) is 10.8. The van der Waals surface area contributed by atoms with E-state index in [-0.39, 0.29) is 11.6 Å². The van der Waals surface area contributed by atoms with Crippen molar-refractivity contribution in [2.24, 2.45) is 0 Å². The van der Waals surface area contributed by atoms with E-state index in [2.05, 4.69) is 29.4 Å². The molecule has 2 aromatic rings. The Morgan fingerprint density at radius 2 is 2.16 bits per heavy atom. The van der Waals surface area contributed by atoms with Gasteiger partial charge in [0.2, 0.25) is 0 Å². The summed E-state index contributed by atoms with van der Waals surface area (Å²) in [6.45, 7) is 6.15. The fourth-order valence-electron chi connectivity index (χ4n) is 1.95. The molecule has 0 bridgehead atoms. The number of nitrogens with one attached hydrogen (secondary N) is 2. The Kier molecular flexibility index (Phi) is 3.90. The fraction of sp³-hybridized carbons (Fsp3) is 0.286. The smallest absolute Gasteiger partial charge is 0.275 e. The van der Waals surface area contributed by atoms with Crippen molar-refractivity contribution in [3.8, 4) is 0 Å². The molecule has 0 saturated carbocycles. The second-order valence-electron chi connectivity index (χ2n) is 4.74. The van der Waals surface area contributed by atoms with E-state index >= 15 is 0 Å². The first-order valence-corrected chi connectivity index (χ1v) is 6.48. The van der Waals surface area contributed by atoms with E-state index in [1.807, 2.05) is 25.1 Å². The number of aromatic nitrogens is 2. The first-order chi connectivity index (χ1) is 9.00. The molecule has 1 amide bonds. The summed E-state index contributed by atoms with van der Waals surface area (Å²) in [5.74, 6) is 0.0474. The van der Waals surface area contributed by atoms with Gasteiger partial charge in [-0.05, 0) is 24.0 Å². The highest BCUT2D eigenvalue weighted by Gasteiger charge is 2.16. The predicted molar refractivity (Wildman–Crippen MR) is 76.8 cm³/mol. The van der Waals surface area contributed by atoms with Crippen LogP contribution in [0.4, 0.5) is 5.69 Å². The van der Waals surface area contributed by atoms with Crippen molar-refractivity contribution in [1.29, 1.82) is 0 Å². The van der Waals surface area contributed by atoms with E-state index in [0.717, 1.165) is 16.8 Å². The molecule has 0 spiro atoms. The monoisotopic (exact) mass is 277 g/mol. The minimum absolute atomic E-state index is 0.277. The lowest BCUT2D eigenvalue weighted by atomic mass is 9.98. The zero-order chi connectivity index (χ0) is 14.0. The number of hydrogen-bond donors (Lipinski definition) is 2. The van der Waals surface area contributed by atoms with Gasteiger partial charge < -0.3 is 5.32 Å². The van der Waals surface area contributed by atoms with Gasteiger partial charge in [0.05, 0.1) is 11.2 Å². The zero-order valence-electron chi connectivity index (χ0n) is 11.1. The highest BCUT2D eigenvalue weighted by atomic mass is 35.5. The van der Waals surface area contributed by atoms with Gasteiger partial charge >= 0.3 is 0 Å². The topological polar surface area (TPSA) is 57.8 Å². The molecule has 2 N–H and O–H groups in total. The van der Waals surface area contributed by atoms with Gasteiger partial charge in [-0.2, -0.15) is 5.10 Å². The number of nitrogens with zero attached hydrogens (tertiary/aromatic N) is 1. The molecule has 0 saturated heterocycles. The number of aromatic amines is 1. The molecule has 1 heterocycles. The minimum atomic E-state index is -0.279. The van der Waals surface area contributed by atoms with Gasteiger partial charge in [-0.25, -0.2) is 0 Å².